The topological polar surface area (TPSA) is 94.1 Å². The molecule has 42 heavy (non-hydrogen) atoms. The highest BCUT2D eigenvalue weighted by molar-refractivity contribution is 5.22. The van der Waals surface area contributed by atoms with Crippen LogP contribution in [-0.4, -0.2) is 54.6 Å². The van der Waals surface area contributed by atoms with E-state index in [1.165, 1.54) is 16.7 Å². The van der Waals surface area contributed by atoms with Crippen molar-refractivity contribution in [2.75, 3.05) is 39.6 Å². The van der Waals surface area contributed by atoms with Gasteiger partial charge in [0.05, 0.1) is 39.6 Å². The Balaban J connectivity index is 1.23. The summed E-state index contributed by atoms with van der Waals surface area (Å²) in [7, 11) is 0. The lowest BCUT2D eigenvalue weighted by Crippen LogP contribution is -2.14. The maximum absolute atomic E-state index is 5.72. The molecule has 0 atom stereocenters. The van der Waals surface area contributed by atoms with Crippen LogP contribution in [0.4, 0.5) is 0 Å². The van der Waals surface area contributed by atoms with Crippen molar-refractivity contribution in [2.45, 2.75) is 40.6 Å². The van der Waals surface area contributed by atoms with Gasteiger partial charge in [0, 0.05) is 0 Å². The monoisotopic (exact) mass is 573 g/mol. The Kier molecular flexibility index (Phi) is 12.5. The number of ether oxygens (including phenoxy) is 6. The molecular weight excluding hydrogens is 534 g/mol. The molecule has 0 aliphatic heterocycles. The van der Waals surface area contributed by atoms with E-state index in [1.807, 2.05) is 36.4 Å². The highest BCUT2D eigenvalue weighted by atomic mass is 16.6. The normalized spacial score (nSPS) is 10.9. The maximum Gasteiger partial charge on any atom is 0.325 e. The maximum atomic E-state index is 5.72. The summed E-state index contributed by atoms with van der Waals surface area (Å²) in [6, 6.07) is 24.9. The van der Waals surface area contributed by atoms with Gasteiger partial charge >= 0.3 is 18.0 Å². The van der Waals surface area contributed by atoms with Crippen molar-refractivity contribution in [3.05, 3.63) is 106 Å². The molecule has 0 bridgehead atoms. The lowest BCUT2D eigenvalue weighted by atomic mass is 10.2. The standard InChI is InChI=1S/C33H39N3O6/c1-25-4-10-28(11-5-25)22-37-16-19-40-31-34-32(41-20-17-38-23-29-12-6-26(2)7-13-29)36-33(35-31)42-21-18-39-24-30-14-8-27(3)9-15-30/h4-15H,16-24H2,1-3H3. The smallest absolute Gasteiger partial charge is 0.325 e. The fourth-order valence-corrected chi connectivity index (χ4v) is 3.71. The van der Waals surface area contributed by atoms with E-state index in [9.17, 15) is 0 Å². The lowest BCUT2D eigenvalue weighted by molar-refractivity contribution is 0.0758. The molecule has 0 aliphatic carbocycles. The van der Waals surface area contributed by atoms with Crippen LogP contribution in [0.25, 0.3) is 0 Å². The molecule has 0 fully saturated rings. The molecule has 3 aromatic carbocycles. The highest BCUT2D eigenvalue weighted by Crippen LogP contribution is 2.15. The van der Waals surface area contributed by atoms with Crippen LogP contribution in [0.1, 0.15) is 33.4 Å². The van der Waals surface area contributed by atoms with Gasteiger partial charge in [-0.1, -0.05) is 89.5 Å². The van der Waals surface area contributed by atoms with Crippen LogP contribution in [0, 0.1) is 20.8 Å². The average molecular weight is 574 g/mol. The first-order chi connectivity index (χ1) is 20.5. The van der Waals surface area contributed by atoms with E-state index in [0.29, 0.717) is 39.6 Å². The molecule has 0 radical (unpaired) electrons. The third-order valence-corrected chi connectivity index (χ3v) is 6.12. The van der Waals surface area contributed by atoms with Crippen molar-refractivity contribution in [3.63, 3.8) is 0 Å². The van der Waals surface area contributed by atoms with Gasteiger partial charge in [0.15, 0.2) is 0 Å². The third-order valence-electron chi connectivity index (χ3n) is 6.12. The van der Waals surface area contributed by atoms with Crippen LogP contribution in [-0.2, 0) is 34.0 Å². The van der Waals surface area contributed by atoms with Gasteiger partial charge in [0.2, 0.25) is 0 Å². The quantitative estimate of drug-likeness (QED) is 0.141. The summed E-state index contributed by atoms with van der Waals surface area (Å²) >= 11 is 0. The molecule has 1 heterocycles. The Morgan fingerprint density at radius 1 is 0.381 bits per heavy atom. The van der Waals surface area contributed by atoms with Gasteiger partial charge in [-0.3, -0.25) is 0 Å². The van der Waals surface area contributed by atoms with Crippen molar-refractivity contribution in [3.8, 4) is 18.0 Å². The molecule has 4 aromatic rings. The second-order valence-corrected chi connectivity index (χ2v) is 9.84. The van der Waals surface area contributed by atoms with Crippen molar-refractivity contribution in [2.24, 2.45) is 0 Å². The Labute approximate surface area is 247 Å². The van der Waals surface area contributed by atoms with E-state index < -0.39 is 0 Å². The van der Waals surface area contributed by atoms with Crippen LogP contribution in [0.2, 0.25) is 0 Å². The predicted octanol–water partition coefficient (Wildman–Crippen LogP) is 5.58. The van der Waals surface area contributed by atoms with Crippen molar-refractivity contribution >= 4 is 0 Å². The van der Waals surface area contributed by atoms with E-state index in [4.69, 9.17) is 28.4 Å². The summed E-state index contributed by atoms with van der Waals surface area (Å²) in [5.74, 6) is 0. The van der Waals surface area contributed by atoms with E-state index in [1.54, 1.807) is 0 Å². The lowest BCUT2D eigenvalue weighted by Gasteiger charge is -2.11. The van der Waals surface area contributed by atoms with Crippen molar-refractivity contribution in [1.82, 2.24) is 15.0 Å². The first kappa shape index (κ1) is 30.9. The molecule has 4 rings (SSSR count). The molecule has 0 N–H and O–H groups in total. The molecule has 0 spiro atoms. The second-order valence-electron chi connectivity index (χ2n) is 9.84. The second kappa shape index (κ2) is 17.0. The average Bonchev–Trinajstić information content (AvgIpc) is 2.99. The molecule has 9 heteroatoms. The molecule has 222 valence electrons. The number of aryl methyl sites for hydroxylation is 3. The zero-order valence-electron chi connectivity index (χ0n) is 24.6. The summed E-state index contributed by atoms with van der Waals surface area (Å²) in [6.07, 6.45) is 0. The summed E-state index contributed by atoms with van der Waals surface area (Å²) in [5.41, 5.74) is 6.93. The fourth-order valence-electron chi connectivity index (χ4n) is 3.71. The molecular formula is C33H39N3O6. The van der Waals surface area contributed by atoms with Crippen LogP contribution < -0.4 is 14.2 Å². The molecule has 0 unspecified atom stereocenters. The Hall–Kier alpha value is -4.05. The minimum absolute atomic E-state index is 0.0927. The number of benzene rings is 3. The van der Waals surface area contributed by atoms with E-state index in [2.05, 4.69) is 72.1 Å². The summed E-state index contributed by atoms with van der Waals surface area (Å²) in [5, 5.41) is 0. The van der Waals surface area contributed by atoms with Crippen LogP contribution in [0.15, 0.2) is 72.8 Å². The fraction of sp³-hybridized carbons (Fsp3) is 0.364. The molecule has 0 saturated carbocycles. The van der Waals surface area contributed by atoms with Gasteiger partial charge < -0.3 is 28.4 Å². The first-order valence-corrected chi connectivity index (χ1v) is 14.1. The number of nitrogens with zero attached hydrogens (tertiary/aromatic N) is 3. The van der Waals surface area contributed by atoms with Crippen LogP contribution in [0.3, 0.4) is 0 Å². The van der Waals surface area contributed by atoms with Crippen molar-refractivity contribution in [1.29, 1.82) is 0 Å². The largest absolute Gasteiger partial charge is 0.461 e. The molecule has 9 nitrogen and oxygen atoms in total. The Morgan fingerprint density at radius 2 is 0.643 bits per heavy atom. The molecule has 1 aromatic heterocycles. The van der Waals surface area contributed by atoms with Crippen molar-refractivity contribution < 1.29 is 28.4 Å². The van der Waals surface area contributed by atoms with Gasteiger partial charge in [0.25, 0.3) is 0 Å². The van der Waals surface area contributed by atoms with Gasteiger partial charge in [0.1, 0.15) is 19.8 Å². The summed E-state index contributed by atoms with van der Waals surface area (Å²) < 4.78 is 34.3. The summed E-state index contributed by atoms with van der Waals surface area (Å²) in [6.45, 7) is 9.53. The zero-order valence-corrected chi connectivity index (χ0v) is 24.6. The van der Waals surface area contributed by atoms with Gasteiger partial charge in [-0.15, -0.1) is 15.0 Å². The number of rotatable bonds is 18. The van der Waals surface area contributed by atoms with E-state index in [0.717, 1.165) is 16.7 Å². The third kappa shape index (κ3) is 11.4. The SMILES string of the molecule is Cc1ccc(COCCOc2nc(OCCOCc3ccc(C)cc3)nc(OCCOCc3ccc(C)cc3)n2)cc1. The number of aromatic nitrogens is 3. The molecule has 0 amide bonds. The summed E-state index contributed by atoms with van der Waals surface area (Å²) in [4.78, 5) is 12.8. The Morgan fingerprint density at radius 3 is 0.905 bits per heavy atom. The first-order valence-electron chi connectivity index (χ1n) is 14.1. The highest BCUT2D eigenvalue weighted by Gasteiger charge is 2.11. The van der Waals surface area contributed by atoms with E-state index in [-0.39, 0.29) is 37.9 Å². The van der Waals surface area contributed by atoms with Crippen LogP contribution >= 0.6 is 0 Å². The predicted molar refractivity (Wildman–Crippen MR) is 159 cm³/mol. The number of hydrogen-bond donors (Lipinski definition) is 0. The Bertz CT molecular complexity index is 1150. The zero-order chi connectivity index (χ0) is 29.4. The van der Waals surface area contributed by atoms with E-state index >= 15 is 0 Å². The van der Waals surface area contributed by atoms with Crippen LogP contribution in [0.5, 0.6) is 18.0 Å². The number of hydrogen-bond acceptors (Lipinski definition) is 9. The molecule has 0 saturated heterocycles. The minimum Gasteiger partial charge on any atom is -0.461 e. The minimum atomic E-state index is 0.0927. The van der Waals surface area contributed by atoms with Gasteiger partial charge in [-0.25, -0.2) is 0 Å². The van der Waals surface area contributed by atoms with Gasteiger partial charge in [-0.05, 0) is 37.5 Å². The molecule has 0 aliphatic rings. The van der Waals surface area contributed by atoms with Gasteiger partial charge in [-0.2, -0.15) is 0 Å².